The molecular formula is C14H10O4. The summed E-state index contributed by atoms with van der Waals surface area (Å²) < 4.78 is 10.8. The zero-order chi connectivity index (χ0) is 12.7. The van der Waals surface area contributed by atoms with Gasteiger partial charge >= 0.3 is 5.97 Å². The van der Waals surface area contributed by atoms with Crippen LogP contribution in [-0.4, -0.2) is 11.1 Å². The molecule has 2 heterocycles. The van der Waals surface area contributed by atoms with E-state index in [1.807, 2.05) is 31.2 Å². The SMILES string of the molecule is Cc1ccc2oc(-c3ccc(C(=O)O)o3)cc2c1. The quantitative estimate of drug-likeness (QED) is 0.744. The average Bonchev–Trinajstić information content (AvgIpc) is 2.93. The third-order valence-electron chi connectivity index (χ3n) is 2.73. The molecule has 0 aliphatic carbocycles. The molecule has 0 saturated heterocycles. The Morgan fingerprint density at radius 1 is 1.06 bits per heavy atom. The van der Waals surface area contributed by atoms with Crippen molar-refractivity contribution in [2.45, 2.75) is 6.92 Å². The molecule has 3 rings (SSSR count). The highest BCUT2D eigenvalue weighted by Gasteiger charge is 2.13. The number of benzene rings is 1. The lowest BCUT2D eigenvalue weighted by atomic mass is 10.2. The van der Waals surface area contributed by atoms with Crippen LogP contribution in [0.15, 0.2) is 45.2 Å². The van der Waals surface area contributed by atoms with E-state index in [1.54, 1.807) is 6.07 Å². The highest BCUT2D eigenvalue weighted by atomic mass is 16.4. The minimum atomic E-state index is -1.09. The molecule has 0 fully saturated rings. The van der Waals surface area contributed by atoms with Gasteiger partial charge in [0.25, 0.3) is 0 Å². The summed E-state index contributed by atoms with van der Waals surface area (Å²) in [6.07, 6.45) is 0. The number of rotatable bonds is 2. The van der Waals surface area contributed by atoms with E-state index in [-0.39, 0.29) is 5.76 Å². The van der Waals surface area contributed by atoms with E-state index in [0.29, 0.717) is 11.5 Å². The first kappa shape index (κ1) is 10.7. The topological polar surface area (TPSA) is 63.6 Å². The third-order valence-corrected chi connectivity index (χ3v) is 2.73. The molecule has 0 saturated carbocycles. The van der Waals surface area contributed by atoms with Gasteiger partial charge in [-0.15, -0.1) is 0 Å². The van der Waals surface area contributed by atoms with Crippen molar-refractivity contribution in [1.82, 2.24) is 0 Å². The highest BCUT2D eigenvalue weighted by Crippen LogP contribution is 2.29. The Kier molecular flexibility index (Phi) is 2.23. The van der Waals surface area contributed by atoms with Gasteiger partial charge in [-0.1, -0.05) is 11.6 Å². The lowest BCUT2D eigenvalue weighted by Gasteiger charge is -1.90. The van der Waals surface area contributed by atoms with Crippen LogP contribution < -0.4 is 0 Å². The lowest BCUT2D eigenvalue weighted by molar-refractivity contribution is 0.0663. The van der Waals surface area contributed by atoms with E-state index in [9.17, 15) is 4.79 Å². The van der Waals surface area contributed by atoms with Crippen LogP contribution in [0.1, 0.15) is 16.1 Å². The van der Waals surface area contributed by atoms with Crippen LogP contribution in [0.4, 0.5) is 0 Å². The van der Waals surface area contributed by atoms with Crippen molar-refractivity contribution in [3.8, 4) is 11.5 Å². The van der Waals surface area contributed by atoms with Gasteiger partial charge in [0.1, 0.15) is 5.58 Å². The number of carbonyl (C=O) groups is 1. The van der Waals surface area contributed by atoms with Crippen molar-refractivity contribution in [3.05, 3.63) is 47.7 Å². The first-order chi connectivity index (χ1) is 8.63. The number of hydrogen-bond acceptors (Lipinski definition) is 3. The van der Waals surface area contributed by atoms with Gasteiger partial charge in [0.15, 0.2) is 11.5 Å². The Labute approximate surface area is 102 Å². The second-order valence-electron chi connectivity index (χ2n) is 4.12. The Morgan fingerprint density at radius 2 is 1.89 bits per heavy atom. The zero-order valence-corrected chi connectivity index (χ0v) is 9.64. The van der Waals surface area contributed by atoms with Crippen LogP contribution in [0.3, 0.4) is 0 Å². The molecular weight excluding hydrogens is 232 g/mol. The summed E-state index contributed by atoms with van der Waals surface area (Å²) in [5, 5.41) is 9.77. The molecule has 90 valence electrons. The van der Waals surface area contributed by atoms with Gasteiger partial charge in [-0.25, -0.2) is 4.79 Å². The summed E-state index contributed by atoms with van der Waals surface area (Å²) in [5.74, 6) is -0.237. The van der Waals surface area contributed by atoms with Crippen molar-refractivity contribution >= 4 is 16.9 Å². The van der Waals surface area contributed by atoms with Crippen molar-refractivity contribution in [2.24, 2.45) is 0 Å². The molecule has 18 heavy (non-hydrogen) atoms. The second kappa shape index (κ2) is 3.77. The van der Waals surface area contributed by atoms with Crippen LogP contribution in [0.5, 0.6) is 0 Å². The molecule has 1 N–H and O–H groups in total. The number of carboxylic acids is 1. The maximum atomic E-state index is 10.7. The van der Waals surface area contributed by atoms with Crippen molar-refractivity contribution < 1.29 is 18.7 Å². The summed E-state index contributed by atoms with van der Waals surface area (Å²) in [6.45, 7) is 2.00. The molecule has 4 nitrogen and oxygen atoms in total. The minimum Gasteiger partial charge on any atom is -0.475 e. The summed E-state index contributed by atoms with van der Waals surface area (Å²) in [4.78, 5) is 10.7. The van der Waals surface area contributed by atoms with E-state index in [0.717, 1.165) is 16.5 Å². The van der Waals surface area contributed by atoms with Gasteiger partial charge in [0.05, 0.1) is 0 Å². The smallest absolute Gasteiger partial charge is 0.371 e. The zero-order valence-electron chi connectivity index (χ0n) is 9.64. The average molecular weight is 242 g/mol. The molecule has 0 atom stereocenters. The summed E-state index contributed by atoms with van der Waals surface area (Å²) in [5.41, 5.74) is 1.89. The number of aryl methyl sites for hydroxylation is 1. The van der Waals surface area contributed by atoms with E-state index in [2.05, 4.69) is 0 Å². The summed E-state index contributed by atoms with van der Waals surface area (Å²) in [6, 6.07) is 10.7. The molecule has 0 spiro atoms. The summed E-state index contributed by atoms with van der Waals surface area (Å²) >= 11 is 0. The van der Waals surface area contributed by atoms with Crippen LogP contribution >= 0.6 is 0 Å². The predicted octanol–water partition coefficient (Wildman–Crippen LogP) is 3.70. The molecule has 2 aromatic heterocycles. The first-order valence-electron chi connectivity index (χ1n) is 5.47. The van der Waals surface area contributed by atoms with Gasteiger partial charge < -0.3 is 13.9 Å². The number of fused-ring (bicyclic) bond motifs is 1. The normalized spacial score (nSPS) is 10.9. The van der Waals surface area contributed by atoms with Gasteiger partial charge in [-0.2, -0.15) is 0 Å². The van der Waals surface area contributed by atoms with E-state index in [4.69, 9.17) is 13.9 Å². The third kappa shape index (κ3) is 1.68. The molecule has 0 aliphatic heterocycles. The molecule has 0 radical (unpaired) electrons. The monoisotopic (exact) mass is 242 g/mol. The van der Waals surface area contributed by atoms with Crippen LogP contribution in [0, 0.1) is 6.92 Å². The largest absolute Gasteiger partial charge is 0.475 e. The lowest BCUT2D eigenvalue weighted by Crippen LogP contribution is -1.91. The maximum Gasteiger partial charge on any atom is 0.371 e. The van der Waals surface area contributed by atoms with Crippen molar-refractivity contribution in [3.63, 3.8) is 0 Å². The molecule has 0 amide bonds. The predicted molar refractivity (Wildman–Crippen MR) is 65.6 cm³/mol. The van der Waals surface area contributed by atoms with Gasteiger partial charge in [-0.3, -0.25) is 0 Å². The molecule has 1 aromatic carbocycles. The molecule has 4 heteroatoms. The number of hydrogen-bond donors (Lipinski definition) is 1. The highest BCUT2D eigenvalue weighted by molar-refractivity contribution is 5.86. The standard InChI is InChI=1S/C14H10O4/c1-8-2-3-10-9(6-8)7-13(17-10)11-4-5-12(18-11)14(15)16/h2-7H,1H3,(H,15,16). The maximum absolute atomic E-state index is 10.7. The summed E-state index contributed by atoms with van der Waals surface area (Å²) in [7, 11) is 0. The minimum absolute atomic E-state index is 0.0957. The Bertz CT molecular complexity index is 733. The first-order valence-corrected chi connectivity index (χ1v) is 5.47. The van der Waals surface area contributed by atoms with Crippen LogP contribution in [0.2, 0.25) is 0 Å². The Morgan fingerprint density at radius 3 is 2.61 bits per heavy atom. The van der Waals surface area contributed by atoms with Gasteiger partial charge in [-0.05, 0) is 37.3 Å². The van der Waals surface area contributed by atoms with E-state index < -0.39 is 5.97 Å². The number of furan rings is 2. The Hall–Kier alpha value is -2.49. The molecule has 3 aromatic rings. The molecule has 0 bridgehead atoms. The van der Waals surface area contributed by atoms with Crippen LogP contribution in [-0.2, 0) is 0 Å². The molecule has 0 unspecified atom stereocenters. The fraction of sp³-hybridized carbons (Fsp3) is 0.0714. The van der Waals surface area contributed by atoms with E-state index in [1.165, 1.54) is 6.07 Å². The fourth-order valence-corrected chi connectivity index (χ4v) is 1.87. The van der Waals surface area contributed by atoms with Gasteiger partial charge in [0.2, 0.25) is 5.76 Å². The van der Waals surface area contributed by atoms with Crippen molar-refractivity contribution in [1.29, 1.82) is 0 Å². The Balaban J connectivity index is 2.10. The van der Waals surface area contributed by atoms with E-state index >= 15 is 0 Å². The fourth-order valence-electron chi connectivity index (χ4n) is 1.87. The van der Waals surface area contributed by atoms with Crippen LogP contribution in [0.25, 0.3) is 22.5 Å². The number of aromatic carboxylic acids is 1. The van der Waals surface area contributed by atoms with Crippen molar-refractivity contribution in [2.75, 3.05) is 0 Å². The number of carboxylic acid groups (broad SMARTS) is 1. The molecule has 0 aliphatic rings. The second-order valence-corrected chi connectivity index (χ2v) is 4.12. The van der Waals surface area contributed by atoms with Gasteiger partial charge in [0, 0.05) is 5.39 Å².